The van der Waals surface area contributed by atoms with E-state index in [0.717, 1.165) is 42.7 Å². The number of hydrogen-bond acceptors (Lipinski definition) is 6. The summed E-state index contributed by atoms with van der Waals surface area (Å²) >= 11 is 0. The molecule has 0 bridgehead atoms. The largest absolute Gasteiger partial charge is 0.454 e. The molecule has 0 N–H and O–H groups in total. The smallest absolute Gasteiger partial charge is 0.303 e. The summed E-state index contributed by atoms with van der Waals surface area (Å²) in [7, 11) is -3.92. The SMILES string of the molecule is CC[Si](CC)(CC)O[C@H]1CC(=C(C)C)C2C(=C1C)CC(=O)[C@]1(C)[C@@H](O[Si](CC)(CC)CC)C[C@H]3OC[C@@]3(OC(C)=O)[C@@H]21. The summed E-state index contributed by atoms with van der Waals surface area (Å²) in [4.78, 5) is 27.5. The highest BCUT2D eigenvalue weighted by Gasteiger charge is 2.74. The number of ether oxygens (including phenoxy) is 2. The van der Waals surface area contributed by atoms with Crippen molar-refractivity contribution in [2.24, 2.45) is 17.3 Å². The fraction of sp³-hybridized carbons (Fsp3) is 0.824. The van der Waals surface area contributed by atoms with Crippen molar-refractivity contribution >= 4 is 28.4 Å². The lowest BCUT2D eigenvalue weighted by Crippen LogP contribution is -2.78. The van der Waals surface area contributed by atoms with Gasteiger partial charge in [0.1, 0.15) is 11.9 Å². The Morgan fingerprint density at radius 3 is 1.93 bits per heavy atom. The fourth-order valence-electron chi connectivity index (χ4n) is 9.05. The monoisotopic (exact) mass is 618 g/mol. The first-order valence-electron chi connectivity index (χ1n) is 16.8. The van der Waals surface area contributed by atoms with Gasteiger partial charge in [-0.25, -0.2) is 0 Å². The Morgan fingerprint density at radius 1 is 0.929 bits per heavy atom. The maximum Gasteiger partial charge on any atom is 0.303 e. The molecule has 0 amide bonds. The van der Waals surface area contributed by atoms with Gasteiger partial charge < -0.3 is 18.3 Å². The topological polar surface area (TPSA) is 71.1 Å². The molecule has 1 saturated heterocycles. The third-order valence-electron chi connectivity index (χ3n) is 12.4. The number of rotatable bonds is 11. The molecule has 3 fully saturated rings. The van der Waals surface area contributed by atoms with Crippen LogP contribution in [-0.4, -0.2) is 58.9 Å². The number of Topliss-reactive ketones (excluding diaryl/α,β-unsaturated/α-hetero) is 1. The van der Waals surface area contributed by atoms with Gasteiger partial charge in [-0.1, -0.05) is 58.3 Å². The number of esters is 1. The first-order chi connectivity index (χ1) is 19.8. The molecule has 8 heteroatoms. The summed E-state index contributed by atoms with van der Waals surface area (Å²) in [6.45, 7) is 24.2. The summed E-state index contributed by atoms with van der Waals surface area (Å²) in [5.74, 6) is -0.294. The van der Waals surface area contributed by atoms with Crippen LogP contribution in [0.2, 0.25) is 36.3 Å². The number of ketones is 1. The van der Waals surface area contributed by atoms with Crippen LogP contribution in [0.3, 0.4) is 0 Å². The highest BCUT2D eigenvalue weighted by atomic mass is 28.4. The molecule has 0 aromatic carbocycles. The first-order valence-corrected chi connectivity index (χ1v) is 21.9. The molecule has 0 radical (unpaired) electrons. The van der Waals surface area contributed by atoms with Crippen LogP contribution in [0.15, 0.2) is 22.3 Å². The Balaban J connectivity index is 1.92. The Morgan fingerprint density at radius 2 is 1.48 bits per heavy atom. The van der Waals surface area contributed by atoms with Gasteiger partial charge in [0.05, 0.1) is 24.2 Å². The van der Waals surface area contributed by atoms with Crippen LogP contribution in [0.1, 0.15) is 95.4 Å². The van der Waals surface area contributed by atoms with E-state index >= 15 is 0 Å². The lowest BCUT2D eigenvalue weighted by molar-refractivity contribution is -0.322. The second kappa shape index (κ2) is 12.4. The number of carbonyl (C=O) groups is 2. The van der Waals surface area contributed by atoms with Crippen molar-refractivity contribution < 1.29 is 27.9 Å². The van der Waals surface area contributed by atoms with E-state index in [1.165, 1.54) is 29.2 Å². The Kier molecular flexibility index (Phi) is 9.97. The van der Waals surface area contributed by atoms with E-state index in [4.69, 9.17) is 18.3 Å². The molecule has 238 valence electrons. The molecular weight excluding hydrogens is 561 g/mol. The van der Waals surface area contributed by atoms with E-state index in [1.807, 2.05) is 0 Å². The van der Waals surface area contributed by atoms with E-state index in [2.05, 4.69) is 69.2 Å². The summed E-state index contributed by atoms with van der Waals surface area (Å²) in [6, 6.07) is 6.36. The highest BCUT2D eigenvalue weighted by Crippen LogP contribution is 2.65. The summed E-state index contributed by atoms with van der Waals surface area (Å²) in [5, 5.41) is 0. The average Bonchev–Trinajstić information content (AvgIpc) is 2.96. The minimum Gasteiger partial charge on any atom is -0.454 e. The van der Waals surface area contributed by atoms with E-state index in [9.17, 15) is 9.59 Å². The van der Waals surface area contributed by atoms with Gasteiger partial charge in [-0.3, -0.25) is 9.59 Å². The van der Waals surface area contributed by atoms with E-state index in [0.29, 0.717) is 19.4 Å². The second-order valence-corrected chi connectivity index (χ2v) is 23.5. The lowest BCUT2D eigenvalue weighted by atomic mass is 9.44. The molecule has 1 heterocycles. The molecule has 4 aliphatic rings. The zero-order valence-corrected chi connectivity index (χ0v) is 30.4. The van der Waals surface area contributed by atoms with Crippen molar-refractivity contribution in [2.45, 2.75) is 156 Å². The van der Waals surface area contributed by atoms with Crippen molar-refractivity contribution in [1.29, 1.82) is 0 Å². The predicted octanol–water partition coefficient (Wildman–Crippen LogP) is 8.14. The summed E-state index contributed by atoms with van der Waals surface area (Å²) in [5.41, 5.74) is 3.46. The van der Waals surface area contributed by atoms with Gasteiger partial charge in [-0.15, -0.1) is 0 Å². The van der Waals surface area contributed by atoms with E-state index < -0.39 is 27.7 Å². The van der Waals surface area contributed by atoms with Crippen molar-refractivity contribution in [3.05, 3.63) is 22.3 Å². The first kappa shape index (κ1) is 33.8. The Bertz CT molecular complexity index is 1100. The van der Waals surface area contributed by atoms with Gasteiger partial charge in [0.25, 0.3) is 0 Å². The predicted molar refractivity (Wildman–Crippen MR) is 173 cm³/mol. The van der Waals surface area contributed by atoms with Crippen LogP contribution in [0, 0.1) is 17.3 Å². The van der Waals surface area contributed by atoms with E-state index in [-0.39, 0.29) is 41.9 Å². The number of carbonyl (C=O) groups excluding carboxylic acids is 2. The third kappa shape index (κ3) is 5.19. The van der Waals surface area contributed by atoms with Crippen molar-refractivity contribution in [2.75, 3.05) is 6.61 Å². The number of fused-ring (bicyclic) bond motifs is 5. The average molecular weight is 619 g/mol. The maximum atomic E-state index is 14.7. The van der Waals surface area contributed by atoms with Crippen LogP contribution < -0.4 is 0 Å². The molecule has 1 unspecified atom stereocenters. The zero-order valence-electron chi connectivity index (χ0n) is 28.4. The standard InChI is InChI=1S/C34H58O6Si2/c1-12-41(13-2,14-3)39-27-18-25(22(7)8)31-26(23(27)9)19-28(36)33(11)29(40-42(15-4,16-5)17-6)20-30-34(21-37-30,32(31)33)38-24(10)35/h27,29-32H,12-21H2,1-11H3/t27-,29-,30+,31?,32-,33+,34-/m0/s1. The molecule has 0 aromatic rings. The minimum atomic E-state index is -2.04. The number of hydrogen-bond donors (Lipinski definition) is 0. The summed E-state index contributed by atoms with van der Waals surface area (Å²) < 4.78 is 27.0. The van der Waals surface area contributed by atoms with E-state index in [1.54, 1.807) is 0 Å². The van der Waals surface area contributed by atoms with Gasteiger partial charge in [0.15, 0.2) is 22.2 Å². The van der Waals surface area contributed by atoms with Crippen molar-refractivity contribution in [3.8, 4) is 0 Å². The van der Waals surface area contributed by atoms with Crippen molar-refractivity contribution in [1.82, 2.24) is 0 Å². The molecule has 1 aliphatic heterocycles. The molecule has 6 nitrogen and oxygen atoms in total. The molecule has 0 aromatic heterocycles. The van der Waals surface area contributed by atoms with Gasteiger partial charge in [0.2, 0.25) is 0 Å². The molecule has 0 spiro atoms. The lowest BCUT2D eigenvalue weighted by Gasteiger charge is -2.67. The minimum absolute atomic E-state index is 0.00101. The Hall–Kier alpha value is -1.07. The van der Waals surface area contributed by atoms with Gasteiger partial charge in [0, 0.05) is 31.6 Å². The molecule has 3 aliphatic carbocycles. The Labute approximate surface area is 257 Å². The van der Waals surface area contributed by atoms with Crippen LogP contribution in [-0.2, 0) is 27.9 Å². The number of allylic oxidation sites excluding steroid dienone is 2. The van der Waals surface area contributed by atoms with Crippen LogP contribution >= 0.6 is 0 Å². The van der Waals surface area contributed by atoms with Crippen LogP contribution in [0.25, 0.3) is 0 Å². The van der Waals surface area contributed by atoms with Crippen molar-refractivity contribution in [3.63, 3.8) is 0 Å². The maximum absolute atomic E-state index is 14.7. The molecule has 42 heavy (non-hydrogen) atoms. The quantitative estimate of drug-likeness (QED) is 0.132. The fourth-order valence-corrected chi connectivity index (χ4v) is 14.9. The van der Waals surface area contributed by atoms with Crippen LogP contribution in [0.4, 0.5) is 0 Å². The second-order valence-electron chi connectivity index (χ2n) is 14.1. The van der Waals surface area contributed by atoms with Gasteiger partial charge in [-0.2, -0.15) is 0 Å². The highest BCUT2D eigenvalue weighted by molar-refractivity contribution is 6.74. The van der Waals surface area contributed by atoms with Gasteiger partial charge in [-0.05, 0) is 76.0 Å². The summed E-state index contributed by atoms with van der Waals surface area (Å²) in [6.07, 6.45) is 1.34. The van der Waals surface area contributed by atoms with Crippen LogP contribution in [0.5, 0.6) is 0 Å². The molecule has 7 atom stereocenters. The normalized spacial score (nSPS) is 34.8. The molecule has 2 saturated carbocycles. The molecule has 4 rings (SSSR count). The molecular formula is C34H58O6Si2. The van der Waals surface area contributed by atoms with Gasteiger partial charge >= 0.3 is 5.97 Å². The third-order valence-corrected chi connectivity index (χ3v) is 21.7. The zero-order chi connectivity index (χ0) is 31.3.